The molecule has 2 aromatic rings. The molecule has 0 radical (unpaired) electrons. The minimum Gasteiger partial charge on any atom is -0.308 e. The maximum Gasteiger partial charge on any atom is 0.191 e. The molecule has 0 saturated carbocycles. The van der Waals surface area contributed by atoms with Crippen molar-refractivity contribution in [3.63, 3.8) is 0 Å². The van der Waals surface area contributed by atoms with Crippen molar-refractivity contribution in [3.05, 3.63) is 24.8 Å². The summed E-state index contributed by atoms with van der Waals surface area (Å²) in [5.41, 5.74) is 2.51. The summed E-state index contributed by atoms with van der Waals surface area (Å²) in [6.45, 7) is 0. The van der Waals surface area contributed by atoms with Crippen molar-refractivity contribution in [2.24, 2.45) is 5.84 Å². The highest BCUT2D eigenvalue weighted by Gasteiger charge is 2.04. The standard InChI is InChI=1S/C8H10N6S/c1-15-8-11-6(13-9)4-7(12-8)14-3-2-10-5-14/h2-5H,9H2,1H3,(H,11,12,13). The van der Waals surface area contributed by atoms with Gasteiger partial charge in [0, 0.05) is 18.5 Å². The number of imidazole rings is 1. The lowest BCUT2D eigenvalue weighted by atomic mass is 10.5. The van der Waals surface area contributed by atoms with E-state index in [1.807, 2.05) is 12.5 Å². The topological polar surface area (TPSA) is 81.6 Å². The van der Waals surface area contributed by atoms with Gasteiger partial charge in [-0.25, -0.2) is 20.8 Å². The fourth-order valence-corrected chi connectivity index (χ4v) is 1.48. The van der Waals surface area contributed by atoms with E-state index >= 15 is 0 Å². The maximum absolute atomic E-state index is 5.32. The Hall–Kier alpha value is -1.60. The van der Waals surface area contributed by atoms with E-state index in [4.69, 9.17) is 5.84 Å². The summed E-state index contributed by atoms with van der Waals surface area (Å²) in [7, 11) is 0. The van der Waals surface area contributed by atoms with Crippen LogP contribution >= 0.6 is 11.8 Å². The number of nitrogen functional groups attached to an aromatic ring is 1. The van der Waals surface area contributed by atoms with Gasteiger partial charge in [0.2, 0.25) is 0 Å². The zero-order valence-electron chi connectivity index (χ0n) is 8.08. The molecule has 0 spiro atoms. The number of hydrazine groups is 1. The van der Waals surface area contributed by atoms with Gasteiger partial charge in [0.15, 0.2) is 5.16 Å². The van der Waals surface area contributed by atoms with Gasteiger partial charge in [-0.15, -0.1) is 0 Å². The first-order chi connectivity index (χ1) is 7.33. The summed E-state index contributed by atoms with van der Waals surface area (Å²) >= 11 is 1.46. The number of rotatable bonds is 3. The minimum absolute atomic E-state index is 0.582. The molecule has 2 heterocycles. The summed E-state index contributed by atoms with van der Waals surface area (Å²) in [6, 6.07) is 1.75. The highest BCUT2D eigenvalue weighted by atomic mass is 32.2. The third kappa shape index (κ3) is 2.08. The van der Waals surface area contributed by atoms with Crippen molar-refractivity contribution in [1.82, 2.24) is 19.5 Å². The largest absolute Gasteiger partial charge is 0.308 e. The summed E-state index contributed by atoms with van der Waals surface area (Å²) in [5.74, 6) is 6.64. The number of thioether (sulfide) groups is 1. The van der Waals surface area contributed by atoms with E-state index in [2.05, 4.69) is 20.4 Å². The number of hydrogen-bond acceptors (Lipinski definition) is 6. The molecular weight excluding hydrogens is 212 g/mol. The Morgan fingerprint density at radius 2 is 2.33 bits per heavy atom. The zero-order chi connectivity index (χ0) is 10.7. The van der Waals surface area contributed by atoms with Crippen LogP contribution in [0.1, 0.15) is 0 Å². The van der Waals surface area contributed by atoms with Gasteiger partial charge < -0.3 is 5.43 Å². The van der Waals surface area contributed by atoms with Crippen LogP contribution in [0.4, 0.5) is 5.82 Å². The van der Waals surface area contributed by atoms with E-state index < -0.39 is 0 Å². The van der Waals surface area contributed by atoms with Crippen LogP contribution in [-0.4, -0.2) is 25.8 Å². The van der Waals surface area contributed by atoms with Gasteiger partial charge in [-0.1, -0.05) is 11.8 Å². The summed E-state index contributed by atoms with van der Waals surface area (Å²) in [6.07, 6.45) is 7.09. The molecule has 0 atom stereocenters. The fourth-order valence-electron chi connectivity index (χ4n) is 1.11. The number of nitrogens with one attached hydrogen (secondary N) is 1. The molecule has 0 saturated heterocycles. The number of aromatic nitrogens is 4. The lowest BCUT2D eigenvalue weighted by molar-refractivity contribution is 0.889. The van der Waals surface area contributed by atoms with Crippen molar-refractivity contribution in [2.75, 3.05) is 11.7 Å². The molecule has 3 N–H and O–H groups in total. The molecule has 0 fully saturated rings. The smallest absolute Gasteiger partial charge is 0.191 e. The Labute approximate surface area is 90.9 Å². The Bertz CT molecular complexity index is 418. The van der Waals surface area contributed by atoms with Crippen molar-refractivity contribution < 1.29 is 0 Å². The second-order valence-electron chi connectivity index (χ2n) is 2.71. The van der Waals surface area contributed by atoms with Gasteiger partial charge >= 0.3 is 0 Å². The molecule has 0 aliphatic rings. The molecule has 0 aliphatic heterocycles. The Morgan fingerprint density at radius 3 is 2.93 bits per heavy atom. The number of nitrogens with zero attached hydrogens (tertiary/aromatic N) is 4. The van der Waals surface area contributed by atoms with Crippen molar-refractivity contribution in [1.29, 1.82) is 0 Å². The molecule has 7 heteroatoms. The zero-order valence-corrected chi connectivity index (χ0v) is 8.90. The van der Waals surface area contributed by atoms with E-state index in [-0.39, 0.29) is 0 Å². The average molecular weight is 222 g/mol. The van der Waals surface area contributed by atoms with Crippen LogP contribution in [0.3, 0.4) is 0 Å². The van der Waals surface area contributed by atoms with E-state index in [0.717, 1.165) is 5.82 Å². The molecule has 0 aliphatic carbocycles. The van der Waals surface area contributed by atoms with Crippen molar-refractivity contribution in [3.8, 4) is 5.82 Å². The normalized spacial score (nSPS) is 10.3. The Morgan fingerprint density at radius 1 is 1.47 bits per heavy atom. The van der Waals surface area contributed by atoms with E-state index in [0.29, 0.717) is 11.0 Å². The van der Waals surface area contributed by atoms with Crippen LogP contribution in [0.25, 0.3) is 5.82 Å². The Kier molecular flexibility index (Phi) is 2.84. The lowest BCUT2D eigenvalue weighted by Gasteiger charge is -2.05. The predicted molar refractivity (Wildman–Crippen MR) is 58.7 cm³/mol. The van der Waals surface area contributed by atoms with Gasteiger partial charge in [-0.2, -0.15) is 0 Å². The first kappa shape index (κ1) is 9.94. The average Bonchev–Trinajstić information content (AvgIpc) is 2.81. The molecule has 78 valence electrons. The molecule has 2 aromatic heterocycles. The van der Waals surface area contributed by atoms with Gasteiger partial charge in [0.25, 0.3) is 0 Å². The number of anilines is 1. The Balaban J connectivity index is 2.47. The number of nitrogens with two attached hydrogens (primary N) is 1. The molecule has 0 amide bonds. The number of hydrogen-bond donors (Lipinski definition) is 2. The molecule has 0 unspecified atom stereocenters. The third-order valence-electron chi connectivity index (χ3n) is 1.79. The van der Waals surface area contributed by atoms with E-state index in [1.54, 1.807) is 23.2 Å². The van der Waals surface area contributed by atoms with E-state index in [1.165, 1.54) is 11.8 Å². The first-order valence-electron chi connectivity index (χ1n) is 4.21. The molecular formula is C8H10N6S. The van der Waals surface area contributed by atoms with Crippen LogP contribution in [0.15, 0.2) is 29.9 Å². The summed E-state index contributed by atoms with van der Waals surface area (Å²) < 4.78 is 1.79. The molecule has 0 aromatic carbocycles. The van der Waals surface area contributed by atoms with Crippen LogP contribution in [0, 0.1) is 0 Å². The highest BCUT2D eigenvalue weighted by molar-refractivity contribution is 7.98. The quantitative estimate of drug-likeness (QED) is 0.344. The molecule has 6 nitrogen and oxygen atoms in total. The van der Waals surface area contributed by atoms with Crippen LogP contribution in [0.2, 0.25) is 0 Å². The summed E-state index contributed by atoms with van der Waals surface area (Å²) in [4.78, 5) is 12.4. The lowest BCUT2D eigenvalue weighted by Crippen LogP contribution is -2.10. The van der Waals surface area contributed by atoms with Gasteiger partial charge in [-0.3, -0.25) is 4.57 Å². The highest BCUT2D eigenvalue weighted by Crippen LogP contribution is 2.15. The first-order valence-corrected chi connectivity index (χ1v) is 5.44. The monoisotopic (exact) mass is 222 g/mol. The van der Waals surface area contributed by atoms with Crippen LogP contribution < -0.4 is 11.3 Å². The van der Waals surface area contributed by atoms with Gasteiger partial charge in [0.05, 0.1) is 0 Å². The molecule has 0 bridgehead atoms. The second-order valence-corrected chi connectivity index (χ2v) is 3.49. The van der Waals surface area contributed by atoms with Gasteiger partial charge in [0.1, 0.15) is 18.0 Å². The molecule has 2 rings (SSSR count). The van der Waals surface area contributed by atoms with Crippen molar-refractivity contribution >= 4 is 17.6 Å². The predicted octanol–water partition coefficient (Wildman–Crippen LogP) is 0.670. The van der Waals surface area contributed by atoms with Crippen LogP contribution in [-0.2, 0) is 0 Å². The fraction of sp³-hybridized carbons (Fsp3) is 0.125. The van der Waals surface area contributed by atoms with E-state index in [9.17, 15) is 0 Å². The molecule has 15 heavy (non-hydrogen) atoms. The van der Waals surface area contributed by atoms with Gasteiger partial charge in [-0.05, 0) is 6.26 Å². The third-order valence-corrected chi connectivity index (χ3v) is 2.34. The SMILES string of the molecule is CSc1nc(NN)cc(-n2ccnc2)n1. The van der Waals surface area contributed by atoms with Crippen LogP contribution in [0.5, 0.6) is 0 Å². The maximum atomic E-state index is 5.32. The minimum atomic E-state index is 0.582. The summed E-state index contributed by atoms with van der Waals surface area (Å²) in [5, 5.41) is 0.661. The second kappa shape index (κ2) is 4.28. The van der Waals surface area contributed by atoms with Crippen molar-refractivity contribution in [2.45, 2.75) is 5.16 Å².